The number of non-ortho nitro benzene ring substituents is 1. The third-order valence-corrected chi connectivity index (χ3v) is 4.87. The first-order valence-electron chi connectivity index (χ1n) is 9.48. The van der Waals surface area contributed by atoms with Gasteiger partial charge in [0.1, 0.15) is 0 Å². The number of hydrogen-bond donors (Lipinski definition) is 1. The van der Waals surface area contributed by atoms with Crippen molar-refractivity contribution in [3.8, 4) is 0 Å². The second-order valence-corrected chi connectivity index (χ2v) is 6.87. The Hall–Kier alpha value is -3.30. The SMILES string of the molecule is O=[N+]([O-])c1ccc(C=NNc2nc(N3CCCC3)nc(N3CCCC3)n2)cc1. The average molecular weight is 382 g/mol. The largest absolute Gasteiger partial charge is 0.341 e. The lowest BCUT2D eigenvalue weighted by atomic mass is 10.2. The summed E-state index contributed by atoms with van der Waals surface area (Å²) < 4.78 is 0. The molecule has 0 amide bonds. The minimum absolute atomic E-state index is 0.0492. The molecule has 10 heteroatoms. The van der Waals surface area contributed by atoms with Crippen molar-refractivity contribution in [2.24, 2.45) is 5.10 Å². The maximum atomic E-state index is 10.7. The molecule has 2 saturated heterocycles. The van der Waals surface area contributed by atoms with Gasteiger partial charge in [-0.05, 0) is 43.4 Å². The van der Waals surface area contributed by atoms with E-state index in [9.17, 15) is 10.1 Å². The molecule has 1 aromatic carbocycles. The van der Waals surface area contributed by atoms with Crippen LogP contribution in [0.25, 0.3) is 0 Å². The molecule has 0 spiro atoms. The molecule has 2 aliphatic rings. The van der Waals surface area contributed by atoms with Crippen molar-refractivity contribution in [3.05, 3.63) is 39.9 Å². The smallest absolute Gasteiger partial charge is 0.269 e. The molecule has 10 nitrogen and oxygen atoms in total. The highest BCUT2D eigenvalue weighted by atomic mass is 16.6. The van der Waals surface area contributed by atoms with E-state index in [1.165, 1.54) is 12.1 Å². The van der Waals surface area contributed by atoms with Crippen molar-refractivity contribution in [2.45, 2.75) is 25.7 Å². The quantitative estimate of drug-likeness (QED) is 0.460. The Labute approximate surface area is 162 Å². The van der Waals surface area contributed by atoms with Crippen LogP contribution in [0.2, 0.25) is 0 Å². The predicted octanol–water partition coefficient (Wildman–Crippen LogP) is 2.43. The van der Waals surface area contributed by atoms with Crippen molar-refractivity contribution in [1.82, 2.24) is 15.0 Å². The molecule has 0 unspecified atom stereocenters. The van der Waals surface area contributed by atoms with Gasteiger partial charge in [0.2, 0.25) is 17.8 Å². The zero-order valence-electron chi connectivity index (χ0n) is 15.5. The van der Waals surface area contributed by atoms with Crippen LogP contribution >= 0.6 is 0 Å². The molecule has 4 rings (SSSR count). The lowest BCUT2D eigenvalue weighted by Crippen LogP contribution is -2.25. The Kier molecular flexibility index (Phi) is 5.27. The van der Waals surface area contributed by atoms with Crippen LogP contribution in [0.3, 0.4) is 0 Å². The highest BCUT2D eigenvalue weighted by Crippen LogP contribution is 2.22. The number of nitrogens with one attached hydrogen (secondary N) is 1. The van der Waals surface area contributed by atoms with Gasteiger partial charge in [-0.25, -0.2) is 5.43 Å². The molecule has 146 valence electrons. The van der Waals surface area contributed by atoms with Crippen LogP contribution in [0.5, 0.6) is 0 Å². The highest BCUT2D eigenvalue weighted by Gasteiger charge is 2.21. The van der Waals surface area contributed by atoms with Gasteiger partial charge >= 0.3 is 0 Å². The van der Waals surface area contributed by atoms with Gasteiger partial charge in [0.15, 0.2) is 0 Å². The van der Waals surface area contributed by atoms with Crippen LogP contribution < -0.4 is 15.2 Å². The number of rotatable bonds is 6. The second kappa shape index (κ2) is 8.15. The average Bonchev–Trinajstić information content (AvgIpc) is 3.42. The summed E-state index contributed by atoms with van der Waals surface area (Å²) in [6, 6.07) is 6.17. The molecule has 2 fully saturated rings. The van der Waals surface area contributed by atoms with E-state index in [0.29, 0.717) is 17.8 Å². The van der Waals surface area contributed by atoms with Crippen molar-refractivity contribution in [3.63, 3.8) is 0 Å². The summed E-state index contributed by atoms with van der Waals surface area (Å²) in [5, 5.41) is 14.9. The summed E-state index contributed by atoms with van der Waals surface area (Å²) in [5.41, 5.74) is 3.67. The molecule has 0 radical (unpaired) electrons. The van der Waals surface area contributed by atoms with E-state index in [1.807, 2.05) is 0 Å². The van der Waals surface area contributed by atoms with Gasteiger partial charge in [0, 0.05) is 38.3 Å². The fourth-order valence-corrected chi connectivity index (χ4v) is 3.37. The first-order chi connectivity index (χ1) is 13.7. The lowest BCUT2D eigenvalue weighted by Gasteiger charge is -2.20. The van der Waals surface area contributed by atoms with Crippen LogP contribution in [0, 0.1) is 10.1 Å². The number of anilines is 3. The van der Waals surface area contributed by atoms with Crippen LogP contribution in [0.4, 0.5) is 23.5 Å². The number of nitro groups is 1. The maximum absolute atomic E-state index is 10.7. The molecule has 1 aromatic heterocycles. The normalized spacial score (nSPS) is 16.9. The maximum Gasteiger partial charge on any atom is 0.269 e. The van der Waals surface area contributed by atoms with Gasteiger partial charge in [-0.1, -0.05) is 0 Å². The summed E-state index contributed by atoms with van der Waals surface area (Å²) in [4.78, 5) is 28.3. The molecular formula is C18H22N8O2. The summed E-state index contributed by atoms with van der Waals surface area (Å²) in [6.07, 6.45) is 6.16. The summed E-state index contributed by atoms with van der Waals surface area (Å²) in [7, 11) is 0. The monoisotopic (exact) mass is 382 g/mol. The van der Waals surface area contributed by atoms with E-state index >= 15 is 0 Å². The van der Waals surface area contributed by atoms with Gasteiger partial charge in [-0.15, -0.1) is 0 Å². The molecule has 0 aliphatic carbocycles. The molecule has 0 bridgehead atoms. The van der Waals surface area contributed by atoms with Crippen LogP contribution in [0.15, 0.2) is 29.4 Å². The Morgan fingerprint density at radius 3 is 1.96 bits per heavy atom. The number of nitro benzene ring substituents is 1. The Morgan fingerprint density at radius 2 is 1.46 bits per heavy atom. The van der Waals surface area contributed by atoms with Crippen LogP contribution in [0.1, 0.15) is 31.2 Å². The topological polar surface area (TPSA) is 113 Å². The predicted molar refractivity (Wildman–Crippen MR) is 107 cm³/mol. The number of nitrogens with zero attached hydrogens (tertiary/aromatic N) is 7. The first-order valence-corrected chi connectivity index (χ1v) is 9.48. The van der Waals surface area contributed by atoms with Crippen LogP contribution in [-0.4, -0.2) is 52.3 Å². The number of benzene rings is 1. The van der Waals surface area contributed by atoms with Gasteiger partial charge in [-0.3, -0.25) is 10.1 Å². The zero-order valence-corrected chi connectivity index (χ0v) is 15.5. The Bertz CT molecular complexity index is 824. The van der Waals surface area contributed by atoms with Gasteiger partial charge < -0.3 is 9.80 Å². The Balaban J connectivity index is 1.51. The van der Waals surface area contributed by atoms with E-state index in [1.54, 1.807) is 18.3 Å². The summed E-state index contributed by atoms with van der Waals surface area (Å²) in [5.74, 6) is 1.77. The van der Waals surface area contributed by atoms with Crippen LogP contribution in [-0.2, 0) is 0 Å². The zero-order chi connectivity index (χ0) is 19.3. The molecule has 1 N–H and O–H groups in total. The summed E-state index contributed by atoms with van der Waals surface area (Å²) in [6.45, 7) is 3.81. The summed E-state index contributed by atoms with van der Waals surface area (Å²) >= 11 is 0. The first kappa shape index (κ1) is 18.1. The molecule has 0 atom stereocenters. The second-order valence-electron chi connectivity index (χ2n) is 6.87. The molecule has 2 aromatic rings. The molecule has 28 heavy (non-hydrogen) atoms. The van der Waals surface area contributed by atoms with Gasteiger partial charge in [-0.2, -0.15) is 20.1 Å². The highest BCUT2D eigenvalue weighted by molar-refractivity contribution is 5.80. The third-order valence-electron chi connectivity index (χ3n) is 4.87. The van der Waals surface area contributed by atoms with Crippen molar-refractivity contribution in [1.29, 1.82) is 0 Å². The van der Waals surface area contributed by atoms with E-state index in [4.69, 9.17) is 0 Å². The number of hydrogen-bond acceptors (Lipinski definition) is 9. The molecule has 3 heterocycles. The third kappa shape index (κ3) is 4.16. The molecule has 0 saturated carbocycles. The van der Waals surface area contributed by atoms with E-state index in [0.717, 1.165) is 57.4 Å². The van der Waals surface area contributed by atoms with Gasteiger partial charge in [0.05, 0.1) is 11.1 Å². The van der Waals surface area contributed by atoms with Crippen molar-refractivity contribution in [2.75, 3.05) is 41.4 Å². The molecule has 2 aliphatic heterocycles. The minimum Gasteiger partial charge on any atom is -0.341 e. The standard InChI is InChI=1S/C18H22N8O2/c27-26(28)15-7-5-14(6-8-15)13-19-23-16-20-17(24-9-1-2-10-24)22-18(21-16)25-11-3-4-12-25/h5-8,13H,1-4,9-12H2,(H,20,21,22,23). The van der Waals surface area contributed by atoms with Gasteiger partial charge in [0.25, 0.3) is 5.69 Å². The fourth-order valence-electron chi connectivity index (χ4n) is 3.37. The molecular weight excluding hydrogens is 360 g/mol. The van der Waals surface area contributed by atoms with E-state index in [-0.39, 0.29) is 5.69 Å². The number of aromatic nitrogens is 3. The van der Waals surface area contributed by atoms with Crippen molar-refractivity contribution >= 4 is 29.7 Å². The fraction of sp³-hybridized carbons (Fsp3) is 0.444. The van der Waals surface area contributed by atoms with E-state index < -0.39 is 4.92 Å². The minimum atomic E-state index is -0.427. The lowest BCUT2D eigenvalue weighted by molar-refractivity contribution is -0.384. The number of hydrazone groups is 1. The van der Waals surface area contributed by atoms with E-state index in [2.05, 4.69) is 35.3 Å². The Morgan fingerprint density at radius 1 is 0.929 bits per heavy atom. The van der Waals surface area contributed by atoms with Crippen molar-refractivity contribution < 1.29 is 4.92 Å².